The molecule has 4 nitrogen and oxygen atoms in total. The highest BCUT2D eigenvalue weighted by molar-refractivity contribution is 6.13. The summed E-state index contributed by atoms with van der Waals surface area (Å²) in [7, 11) is 1.52. The molecule has 2 rings (SSSR count). The summed E-state index contributed by atoms with van der Waals surface area (Å²) in [4.78, 5) is 24.2. The Balaban J connectivity index is 2.17. The van der Waals surface area contributed by atoms with Gasteiger partial charge >= 0.3 is 5.97 Å². The molecule has 0 heterocycles. The second-order valence-corrected chi connectivity index (χ2v) is 5.14. The number of methoxy groups -OCH3 is 1. The Morgan fingerprint density at radius 3 is 2.79 bits per heavy atom. The van der Waals surface area contributed by atoms with Crippen molar-refractivity contribution in [3.05, 3.63) is 29.3 Å². The quantitative estimate of drug-likeness (QED) is 0.617. The van der Waals surface area contributed by atoms with Crippen LogP contribution in [0.5, 0.6) is 5.75 Å². The van der Waals surface area contributed by atoms with Gasteiger partial charge in [0.2, 0.25) is 0 Å². The summed E-state index contributed by atoms with van der Waals surface area (Å²) in [5.74, 6) is -0.553. The average Bonchev–Trinajstić information content (AvgIpc) is 2.73. The highest BCUT2D eigenvalue weighted by Gasteiger charge is 2.38. The standard InChI is InChI=1S/C15H18O4/c1-9(2)8-19-15(17)11-7-10-5-4-6-12(18-3)13(10)14(11)16/h4-6,9,11H,7-8H2,1-3H3. The maximum Gasteiger partial charge on any atom is 0.317 e. The van der Waals surface area contributed by atoms with Crippen LogP contribution in [0.4, 0.5) is 0 Å². The fraction of sp³-hybridized carbons (Fsp3) is 0.467. The van der Waals surface area contributed by atoms with Crippen molar-refractivity contribution in [2.24, 2.45) is 11.8 Å². The number of carbonyl (C=O) groups excluding carboxylic acids is 2. The van der Waals surface area contributed by atoms with Crippen LogP contribution < -0.4 is 4.74 Å². The number of benzene rings is 1. The largest absolute Gasteiger partial charge is 0.496 e. The highest BCUT2D eigenvalue weighted by atomic mass is 16.5. The number of hydrogen-bond donors (Lipinski definition) is 0. The number of ether oxygens (including phenoxy) is 2. The number of Topliss-reactive ketones (excluding diaryl/α,β-unsaturated/α-hetero) is 1. The van der Waals surface area contributed by atoms with E-state index in [1.54, 1.807) is 6.07 Å². The number of hydrogen-bond acceptors (Lipinski definition) is 4. The van der Waals surface area contributed by atoms with E-state index in [0.717, 1.165) is 5.56 Å². The van der Waals surface area contributed by atoms with Crippen molar-refractivity contribution in [3.8, 4) is 5.75 Å². The Kier molecular flexibility index (Phi) is 3.88. The minimum atomic E-state index is -0.718. The fourth-order valence-electron chi connectivity index (χ4n) is 2.22. The van der Waals surface area contributed by atoms with Gasteiger partial charge in [-0.05, 0) is 24.0 Å². The summed E-state index contributed by atoms with van der Waals surface area (Å²) in [6, 6.07) is 5.41. The molecule has 1 aromatic carbocycles. The van der Waals surface area contributed by atoms with Crippen LogP contribution in [0.2, 0.25) is 0 Å². The van der Waals surface area contributed by atoms with Gasteiger partial charge in [0, 0.05) is 0 Å². The summed E-state index contributed by atoms with van der Waals surface area (Å²) >= 11 is 0. The first-order chi connectivity index (χ1) is 9.04. The molecule has 102 valence electrons. The Labute approximate surface area is 112 Å². The van der Waals surface area contributed by atoms with Crippen LogP contribution in [0.25, 0.3) is 0 Å². The molecule has 1 aromatic rings. The first kappa shape index (κ1) is 13.6. The Morgan fingerprint density at radius 1 is 1.42 bits per heavy atom. The molecule has 0 saturated carbocycles. The monoisotopic (exact) mass is 262 g/mol. The van der Waals surface area contributed by atoms with E-state index in [1.165, 1.54) is 7.11 Å². The lowest BCUT2D eigenvalue weighted by Gasteiger charge is -2.10. The number of carbonyl (C=O) groups is 2. The van der Waals surface area contributed by atoms with E-state index in [-0.39, 0.29) is 11.7 Å². The van der Waals surface area contributed by atoms with E-state index in [0.29, 0.717) is 24.3 Å². The molecule has 1 atom stereocenters. The third kappa shape index (κ3) is 2.62. The van der Waals surface area contributed by atoms with E-state index in [4.69, 9.17) is 9.47 Å². The summed E-state index contributed by atoms with van der Waals surface area (Å²) in [5, 5.41) is 0. The lowest BCUT2D eigenvalue weighted by atomic mass is 10.1. The molecule has 0 bridgehead atoms. The van der Waals surface area contributed by atoms with E-state index >= 15 is 0 Å². The van der Waals surface area contributed by atoms with Gasteiger partial charge in [0.1, 0.15) is 11.7 Å². The molecule has 0 radical (unpaired) electrons. The molecule has 1 aliphatic carbocycles. The second-order valence-electron chi connectivity index (χ2n) is 5.14. The minimum Gasteiger partial charge on any atom is -0.496 e. The Bertz CT molecular complexity index is 505. The van der Waals surface area contributed by atoms with Gasteiger partial charge in [0.25, 0.3) is 0 Å². The summed E-state index contributed by atoms with van der Waals surface area (Å²) in [6.45, 7) is 4.26. The van der Waals surface area contributed by atoms with Crippen LogP contribution in [0.1, 0.15) is 29.8 Å². The Morgan fingerprint density at radius 2 is 2.16 bits per heavy atom. The molecule has 0 aromatic heterocycles. The molecular weight excluding hydrogens is 244 g/mol. The molecule has 1 unspecified atom stereocenters. The molecular formula is C15H18O4. The van der Waals surface area contributed by atoms with Crippen molar-refractivity contribution in [2.75, 3.05) is 13.7 Å². The molecule has 19 heavy (non-hydrogen) atoms. The second kappa shape index (κ2) is 5.43. The molecule has 0 saturated heterocycles. The van der Waals surface area contributed by atoms with Crippen LogP contribution in [0, 0.1) is 11.8 Å². The predicted molar refractivity (Wildman–Crippen MR) is 70.3 cm³/mol. The lowest BCUT2D eigenvalue weighted by Crippen LogP contribution is -2.24. The summed E-state index contributed by atoms with van der Waals surface area (Å²) in [6.07, 6.45) is 0.405. The summed E-state index contributed by atoms with van der Waals surface area (Å²) in [5.41, 5.74) is 1.38. The predicted octanol–water partition coefficient (Wildman–Crippen LogP) is 2.25. The van der Waals surface area contributed by atoms with Crippen molar-refractivity contribution in [1.29, 1.82) is 0 Å². The molecule has 0 aliphatic heterocycles. The van der Waals surface area contributed by atoms with Gasteiger partial charge in [-0.3, -0.25) is 9.59 Å². The van der Waals surface area contributed by atoms with Crippen molar-refractivity contribution in [2.45, 2.75) is 20.3 Å². The van der Waals surface area contributed by atoms with E-state index in [1.807, 2.05) is 26.0 Å². The molecule has 0 spiro atoms. The van der Waals surface area contributed by atoms with Gasteiger partial charge in [0.05, 0.1) is 19.3 Å². The van der Waals surface area contributed by atoms with Crippen LogP contribution in [0.15, 0.2) is 18.2 Å². The first-order valence-corrected chi connectivity index (χ1v) is 6.41. The molecule has 0 N–H and O–H groups in total. The number of fused-ring (bicyclic) bond motifs is 1. The van der Waals surface area contributed by atoms with Gasteiger partial charge in [-0.1, -0.05) is 26.0 Å². The fourth-order valence-corrected chi connectivity index (χ4v) is 2.22. The van der Waals surface area contributed by atoms with Crippen LogP contribution >= 0.6 is 0 Å². The summed E-state index contributed by atoms with van der Waals surface area (Å²) < 4.78 is 10.3. The zero-order valence-corrected chi connectivity index (χ0v) is 11.4. The van der Waals surface area contributed by atoms with Gasteiger partial charge in [0.15, 0.2) is 5.78 Å². The maximum absolute atomic E-state index is 12.3. The van der Waals surface area contributed by atoms with Crippen molar-refractivity contribution in [1.82, 2.24) is 0 Å². The van der Waals surface area contributed by atoms with Gasteiger partial charge in [-0.2, -0.15) is 0 Å². The molecule has 1 aliphatic rings. The van der Waals surface area contributed by atoms with Crippen molar-refractivity contribution in [3.63, 3.8) is 0 Å². The van der Waals surface area contributed by atoms with E-state index < -0.39 is 11.9 Å². The van der Waals surface area contributed by atoms with Crippen LogP contribution in [-0.2, 0) is 16.0 Å². The zero-order valence-electron chi connectivity index (χ0n) is 11.4. The zero-order chi connectivity index (χ0) is 14.0. The number of ketones is 1. The Hall–Kier alpha value is -1.84. The molecule has 0 amide bonds. The smallest absolute Gasteiger partial charge is 0.317 e. The number of rotatable bonds is 4. The first-order valence-electron chi connectivity index (χ1n) is 6.41. The highest BCUT2D eigenvalue weighted by Crippen LogP contribution is 2.34. The lowest BCUT2D eigenvalue weighted by molar-refractivity contribution is -0.147. The third-order valence-electron chi connectivity index (χ3n) is 3.16. The van der Waals surface area contributed by atoms with Gasteiger partial charge in [-0.15, -0.1) is 0 Å². The maximum atomic E-state index is 12.3. The van der Waals surface area contributed by atoms with Gasteiger partial charge in [-0.25, -0.2) is 0 Å². The SMILES string of the molecule is COc1cccc2c1C(=O)C(C(=O)OCC(C)C)C2. The van der Waals surface area contributed by atoms with Gasteiger partial charge < -0.3 is 9.47 Å². The molecule has 0 fully saturated rings. The topological polar surface area (TPSA) is 52.6 Å². The average molecular weight is 262 g/mol. The van der Waals surface area contributed by atoms with Crippen LogP contribution in [-0.4, -0.2) is 25.5 Å². The van der Waals surface area contributed by atoms with Crippen LogP contribution in [0.3, 0.4) is 0 Å². The molecule has 4 heteroatoms. The third-order valence-corrected chi connectivity index (χ3v) is 3.16. The van der Waals surface area contributed by atoms with Crippen molar-refractivity contribution >= 4 is 11.8 Å². The van der Waals surface area contributed by atoms with E-state index in [2.05, 4.69) is 0 Å². The normalized spacial score (nSPS) is 17.5. The number of esters is 1. The van der Waals surface area contributed by atoms with E-state index in [9.17, 15) is 9.59 Å². The van der Waals surface area contributed by atoms with Crippen molar-refractivity contribution < 1.29 is 19.1 Å². The minimum absolute atomic E-state index is 0.193.